The van der Waals surface area contributed by atoms with E-state index in [1.807, 2.05) is 30.9 Å². The number of carbonyl (C=O) groups is 1. The molecule has 1 fully saturated rings. The third kappa shape index (κ3) is 2.72. The second kappa shape index (κ2) is 6.22. The lowest BCUT2D eigenvalue weighted by Gasteiger charge is -2.34. The number of nitrogens with zero attached hydrogens (tertiary/aromatic N) is 5. The van der Waals surface area contributed by atoms with Gasteiger partial charge in [0.1, 0.15) is 6.54 Å². The Hall–Kier alpha value is -2.28. The van der Waals surface area contributed by atoms with E-state index in [2.05, 4.69) is 27.7 Å². The molecule has 1 saturated heterocycles. The van der Waals surface area contributed by atoms with Crippen molar-refractivity contribution in [2.24, 2.45) is 0 Å². The molecule has 1 amide bonds. The molecule has 0 bridgehead atoms. The first-order valence-electron chi connectivity index (χ1n) is 8.84. The predicted octanol–water partition coefficient (Wildman–Crippen LogP) is 1.89. The van der Waals surface area contributed by atoms with Crippen molar-refractivity contribution in [3.63, 3.8) is 0 Å². The van der Waals surface area contributed by atoms with Gasteiger partial charge in [-0.1, -0.05) is 32.0 Å². The number of rotatable bonds is 3. The van der Waals surface area contributed by atoms with Crippen molar-refractivity contribution < 1.29 is 9.53 Å². The SMILES string of the molecule is CC(C)c1nnnn1CC(=O)N1CC2(CCOCC2)c2ccccc21. The third-order valence-corrected chi connectivity index (χ3v) is 5.34. The lowest BCUT2D eigenvalue weighted by atomic mass is 9.76. The minimum absolute atomic E-state index is 0.0198. The van der Waals surface area contributed by atoms with Crippen LogP contribution in [0.1, 0.15) is 44.0 Å². The van der Waals surface area contributed by atoms with Gasteiger partial charge < -0.3 is 9.64 Å². The Labute approximate surface area is 147 Å². The average Bonchev–Trinajstić information content (AvgIpc) is 3.20. The van der Waals surface area contributed by atoms with E-state index < -0.39 is 0 Å². The number of benzene rings is 1. The molecule has 0 unspecified atom stereocenters. The summed E-state index contributed by atoms with van der Waals surface area (Å²) in [6, 6.07) is 8.25. The Morgan fingerprint density at radius 3 is 2.80 bits per heavy atom. The molecule has 1 aromatic heterocycles. The van der Waals surface area contributed by atoms with E-state index in [4.69, 9.17) is 4.74 Å². The monoisotopic (exact) mass is 341 g/mol. The summed E-state index contributed by atoms with van der Waals surface area (Å²) in [7, 11) is 0. The highest BCUT2D eigenvalue weighted by molar-refractivity contribution is 5.96. The quantitative estimate of drug-likeness (QED) is 0.852. The van der Waals surface area contributed by atoms with E-state index in [1.165, 1.54) is 5.56 Å². The maximum atomic E-state index is 13.1. The standard InChI is InChI=1S/C18H23N5O2/c1-13(2)17-19-20-21-23(17)11-16(24)22-12-18(7-9-25-10-8-18)14-5-3-4-6-15(14)22/h3-6,13H,7-12H2,1-2H3. The molecule has 132 valence electrons. The molecule has 7 heteroatoms. The van der Waals surface area contributed by atoms with Crippen molar-refractivity contribution in [1.29, 1.82) is 0 Å². The van der Waals surface area contributed by atoms with E-state index in [0.717, 1.165) is 37.6 Å². The van der Waals surface area contributed by atoms with Crippen molar-refractivity contribution in [2.45, 2.75) is 44.6 Å². The zero-order chi connectivity index (χ0) is 17.4. The molecule has 1 spiro atoms. The smallest absolute Gasteiger partial charge is 0.248 e. The first-order valence-corrected chi connectivity index (χ1v) is 8.84. The molecule has 3 heterocycles. The number of carbonyl (C=O) groups excluding carboxylic acids is 1. The fourth-order valence-electron chi connectivity index (χ4n) is 3.99. The van der Waals surface area contributed by atoms with Gasteiger partial charge >= 0.3 is 0 Å². The van der Waals surface area contributed by atoms with E-state index in [9.17, 15) is 4.79 Å². The Morgan fingerprint density at radius 2 is 2.04 bits per heavy atom. The summed E-state index contributed by atoms with van der Waals surface area (Å²) in [5.74, 6) is 0.946. The van der Waals surface area contributed by atoms with Gasteiger partial charge in [0.05, 0.1) is 0 Å². The number of ether oxygens (including phenoxy) is 1. The number of hydrogen-bond donors (Lipinski definition) is 0. The molecule has 0 aliphatic carbocycles. The van der Waals surface area contributed by atoms with E-state index >= 15 is 0 Å². The summed E-state index contributed by atoms with van der Waals surface area (Å²) in [6.07, 6.45) is 1.91. The second-order valence-electron chi connectivity index (χ2n) is 7.24. The number of para-hydroxylation sites is 1. The summed E-state index contributed by atoms with van der Waals surface area (Å²) in [5, 5.41) is 11.8. The van der Waals surface area contributed by atoms with Crippen molar-refractivity contribution in [3.8, 4) is 0 Å². The molecule has 0 saturated carbocycles. The third-order valence-electron chi connectivity index (χ3n) is 5.34. The van der Waals surface area contributed by atoms with Crippen LogP contribution in [0.15, 0.2) is 24.3 Å². The highest BCUT2D eigenvalue weighted by Gasteiger charge is 2.45. The molecular weight excluding hydrogens is 318 g/mol. The lowest BCUT2D eigenvalue weighted by Crippen LogP contribution is -2.42. The van der Waals surface area contributed by atoms with Gasteiger partial charge in [0.15, 0.2) is 5.82 Å². The number of fused-ring (bicyclic) bond motifs is 2. The number of hydrogen-bond acceptors (Lipinski definition) is 5. The van der Waals surface area contributed by atoms with Gasteiger partial charge in [0.2, 0.25) is 5.91 Å². The maximum absolute atomic E-state index is 13.1. The van der Waals surface area contributed by atoms with Crippen LogP contribution < -0.4 is 4.90 Å². The molecule has 2 aromatic rings. The van der Waals surface area contributed by atoms with E-state index in [1.54, 1.807) is 4.68 Å². The summed E-state index contributed by atoms with van der Waals surface area (Å²) >= 11 is 0. The van der Waals surface area contributed by atoms with Gasteiger partial charge in [-0.3, -0.25) is 4.79 Å². The molecule has 2 aliphatic heterocycles. The van der Waals surface area contributed by atoms with Crippen LogP contribution >= 0.6 is 0 Å². The van der Waals surface area contributed by atoms with Gasteiger partial charge in [-0.05, 0) is 34.9 Å². The highest BCUT2D eigenvalue weighted by Crippen LogP contribution is 2.46. The first kappa shape index (κ1) is 16.2. The molecule has 1 aromatic carbocycles. The molecule has 25 heavy (non-hydrogen) atoms. The Bertz CT molecular complexity index is 779. The molecule has 2 aliphatic rings. The van der Waals surface area contributed by atoms with Gasteiger partial charge in [-0.2, -0.15) is 0 Å². The summed E-state index contributed by atoms with van der Waals surface area (Å²) in [4.78, 5) is 15.0. The van der Waals surface area contributed by atoms with E-state index in [-0.39, 0.29) is 23.8 Å². The van der Waals surface area contributed by atoms with Gasteiger partial charge in [-0.15, -0.1) is 5.10 Å². The van der Waals surface area contributed by atoms with E-state index in [0.29, 0.717) is 6.54 Å². The minimum Gasteiger partial charge on any atom is -0.381 e. The lowest BCUT2D eigenvalue weighted by molar-refractivity contribution is -0.119. The Balaban J connectivity index is 1.62. The topological polar surface area (TPSA) is 73.1 Å². The highest BCUT2D eigenvalue weighted by atomic mass is 16.5. The molecule has 7 nitrogen and oxygen atoms in total. The van der Waals surface area contributed by atoms with Crippen LogP contribution in [0.3, 0.4) is 0 Å². The number of amides is 1. The zero-order valence-electron chi connectivity index (χ0n) is 14.7. The van der Waals surface area contributed by atoms with Crippen molar-refractivity contribution in [1.82, 2.24) is 20.2 Å². The Kier molecular flexibility index (Phi) is 4.03. The zero-order valence-corrected chi connectivity index (χ0v) is 14.7. The maximum Gasteiger partial charge on any atom is 0.248 e. The fraction of sp³-hybridized carbons (Fsp3) is 0.556. The van der Waals surface area contributed by atoms with Crippen LogP contribution in [0.2, 0.25) is 0 Å². The summed E-state index contributed by atoms with van der Waals surface area (Å²) in [5.41, 5.74) is 2.31. The molecule has 0 radical (unpaired) electrons. The molecule has 0 N–H and O–H groups in total. The average molecular weight is 341 g/mol. The van der Waals surface area contributed by atoms with Gasteiger partial charge in [0.25, 0.3) is 0 Å². The predicted molar refractivity (Wildman–Crippen MR) is 92.4 cm³/mol. The second-order valence-corrected chi connectivity index (χ2v) is 7.24. The molecule has 0 atom stereocenters. The summed E-state index contributed by atoms with van der Waals surface area (Å²) in [6.45, 7) is 6.43. The van der Waals surface area contributed by atoms with Gasteiger partial charge in [-0.25, -0.2) is 4.68 Å². The van der Waals surface area contributed by atoms with Crippen LogP contribution in [-0.2, 0) is 21.5 Å². The molecule has 4 rings (SSSR count). The first-order chi connectivity index (χ1) is 12.1. The van der Waals surface area contributed by atoms with Crippen LogP contribution in [-0.4, -0.2) is 45.9 Å². The van der Waals surface area contributed by atoms with Gasteiger partial charge in [0, 0.05) is 36.8 Å². The van der Waals surface area contributed by atoms with Crippen molar-refractivity contribution >= 4 is 11.6 Å². The van der Waals surface area contributed by atoms with Crippen LogP contribution in [0.25, 0.3) is 0 Å². The minimum atomic E-state index is 0.0198. The Morgan fingerprint density at radius 1 is 1.28 bits per heavy atom. The number of aromatic nitrogens is 4. The van der Waals surface area contributed by atoms with Crippen molar-refractivity contribution in [2.75, 3.05) is 24.7 Å². The number of anilines is 1. The van der Waals surface area contributed by atoms with Crippen LogP contribution in [0.4, 0.5) is 5.69 Å². The van der Waals surface area contributed by atoms with Crippen LogP contribution in [0, 0.1) is 0 Å². The number of tetrazole rings is 1. The fourth-order valence-corrected chi connectivity index (χ4v) is 3.99. The largest absolute Gasteiger partial charge is 0.381 e. The molecular formula is C18H23N5O2. The van der Waals surface area contributed by atoms with Crippen molar-refractivity contribution in [3.05, 3.63) is 35.7 Å². The summed E-state index contributed by atoms with van der Waals surface area (Å²) < 4.78 is 7.18. The van der Waals surface area contributed by atoms with Crippen LogP contribution in [0.5, 0.6) is 0 Å². The normalized spacial score (nSPS) is 18.8.